The van der Waals surface area contributed by atoms with Crippen LogP contribution in [0.25, 0.3) is 0 Å². The van der Waals surface area contributed by atoms with Crippen molar-refractivity contribution in [1.29, 1.82) is 0 Å². The zero-order valence-corrected chi connectivity index (χ0v) is 11.5. The van der Waals surface area contributed by atoms with Gasteiger partial charge in [0.15, 0.2) is 0 Å². The Kier molecular flexibility index (Phi) is 4.41. The smallest absolute Gasteiger partial charge is 0.251 e. The minimum Gasteiger partial charge on any atom is -0.384 e. The third-order valence-corrected chi connectivity index (χ3v) is 3.66. The second-order valence-corrected chi connectivity index (χ2v) is 5.38. The summed E-state index contributed by atoms with van der Waals surface area (Å²) >= 11 is 0. The molecule has 0 spiro atoms. The first kappa shape index (κ1) is 14.5. The van der Waals surface area contributed by atoms with E-state index in [0.29, 0.717) is 5.56 Å². The predicted molar refractivity (Wildman–Crippen MR) is 74.7 cm³/mol. The first-order chi connectivity index (χ1) is 9.54. The molecule has 20 heavy (non-hydrogen) atoms. The Labute approximate surface area is 118 Å². The van der Waals surface area contributed by atoms with Gasteiger partial charge in [-0.25, -0.2) is 4.39 Å². The quantitative estimate of drug-likeness (QED) is 0.813. The lowest BCUT2D eigenvalue weighted by atomic mass is 10.00. The van der Waals surface area contributed by atoms with Gasteiger partial charge in [0.1, 0.15) is 12.4 Å². The molecule has 2 N–H and O–H groups in total. The molecule has 0 aliphatic heterocycles. The number of aliphatic hydroxyl groups is 1. The van der Waals surface area contributed by atoms with E-state index in [1.807, 2.05) is 6.92 Å². The van der Waals surface area contributed by atoms with E-state index in [2.05, 4.69) is 17.2 Å². The standard InChI is InChI=1S/C16H18FNO2/c1-16(8-2-3-9-16)18-15(20)13-7-6-12(5-4-10-19)14(17)11-13/h6-7,11,19H,2-3,8-10H2,1H3,(H,18,20). The molecule has 4 heteroatoms. The Morgan fingerprint density at radius 2 is 2.15 bits per heavy atom. The lowest BCUT2D eigenvalue weighted by Gasteiger charge is -2.25. The van der Waals surface area contributed by atoms with E-state index in [0.717, 1.165) is 25.7 Å². The maximum Gasteiger partial charge on any atom is 0.251 e. The normalized spacial score (nSPS) is 16.4. The van der Waals surface area contributed by atoms with Crippen molar-refractivity contribution in [3.05, 3.63) is 35.1 Å². The molecule has 2 rings (SSSR count). The topological polar surface area (TPSA) is 49.3 Å². The van der Waals surface area contributed by atoms with Crippen molar-refractivity contribution in [3.63, 3.8) is 0 Å². The summed E-state index contributed by atoms with van der Waals surface area (Å²) < 4.78 is 13.8. The van der Waals surface area contributed by atoms with Crippen molar-refractivity contribution in [2.24, 2.45) is 0 Å². The Morgan fingerprint density at radius 1 is 1.45 bits per heavy atom. The van der Waals surface area contributed by atoms with Crippen molar-refractivity contribution in [1.82, 2.24) is 5.32 Å². The first-order valence-electron chi connectivity index (χ1n) is 6.76. The average Bonchev–Trinajstić information content (AvgIpc) is 2.83. The highest BCUT2D eigenvalue weighted by Gasteiger charge is 2.30. The second kappa shape index (κ2) is 6.06. The van der Waals surface area contributed by atoms with Gasteiger partial charge in [0, 0.05) is 11.1 Å². The molecule has 1 aromatic carbocycles. The SMILES string of the molecule is CC1(NC(=O)c2ccc(C#CCO)c(F)c2)CCCC1. The van der Waals surface area contributed by atoms with Crippen LogP contribution in [0.15, 0.2) is 18.2 Å². The number of halogens is 1. The number of amides is 1. The van der Waals surface area contributed by atoms with Gasteiger partial charge in [0.2, 0.25) is 0 Å². The molecule has 0 heterocycles. The van der Waals surface area contributed by atoms with E-state index in [1.165, 1.54) is 12.1 Å². The summed E-state index contributed by atoms with van der Waals surface area (Å²) in [6.45, 7) is 1.70. The zero-order valence-electron chi connectivity index (χ0n) is 11.5. The number of aliphatic hydroxyl groups excluding tert-OH is 1. The van der Waals surface area contributed by atoms with E-state index >= 15 is 0 Å². The van der Waals surface area contributed by atoms with E-state index in [1.54, 1.807) is 6.07 Å². The molecule has 1 saturated carbocycles. The van der Waals surface area contributed by atoms with Crippen LogP contribution in [0.2, 0.25) is 0 Å². The maximum absolute atomic E-state index is 13.8. The predicted octanol–water partition coefficient (Wildman–Crippen LogP) is 2.23. The van der Waals surface area contributed by atoms with Crippen LogP contribution in [0.5, 0.6) is 0 Å². The molecule has 1 aliphatic rings. The number of benzene rings is 1. The van der Waals surface area contributed by atoms with Gasteiger partial charge in [0.25, 0.3) is 5.91 Å². The van der Waals surface area contributed by atoms with E-state index in [9.17, 15) is 9.18 Å². The second-order valence-electron chi connectivity index (χ2n) is 5.38. The van der Waals surface area contributed by atoms with E-state index in [4.69, 9.17) is 5.11 Å². The first-order valence-corrected chi connectivity index (χ1v) is 6.76. The Balaban J connectivity index is 2.13. The molecule has 0 atom stereocenters. The van der Waals surface area contributed by atoms with E-state index in [-0.39, 0.29) is 23.6 Å². The number of hydrogen-bond donors (Lipinski definition) is 2. The lowest BCUT2D eigenvalue weighted by molar-refractivity contribution is 0.0907. The molecule has 1 fully saturated rings. The van der Waals surface area contributed by atoms with Crippen LogP contribution in [-0.4, -0.2) is 23.2 Å². The van der Waals surface area contributed by atoms with Crippen molar-refractivity contribution < 1.29 is 14.3 Å². The fraction of sp³-hybridized carbons (Fsp3) is 0.438. The number of nitrogens with one attached hydrogen (secondary N) is 1. The van der Waals surface area contributed by atoms with Crippen molar-refractivity contribution >= 4 is 5.91 Å². The van der Waals surface area contributed by atoms with Crippen LogP contribution in [-0.2, 0) is 0 Å². The van der Waals surface area contributed by atoms with Gasteiger partial charge in [-0.2, -0.15) is 0 Å². The zero-order chi connectivity index (χ0) is 14.6. The van der Waals surface area contributed by atoms with Crippen LogP contribution in [0.1, 0.15) is 48.5 Å². The van der Waals surface area contributed by atoms with Crippen LogP contribution in [0.4, 0.5) is 4.39 Å². The summed E-state index contributed by atoms with van der Waals surface area (Å²) in [6.07, 6.45) is 4.14. The van der Waals surface area contributed by atoms with Gasteiger partial charge in [-0.15, -0.1) is 0 Å². The molecule has 0 bridgehead atoms. The Morgan fingerprint density at radius 3 is 2.75 bits per heavy atom. The molecular weight excluding hydrogens is 257 g/mol. The van der Waals surface area contributed by atoms with Gasteiger partial charge < -0.3 is 10.4 Å². The third kappa shape index (κ3) is 3.37. The number of rotatable bonds is 2. The lowest BCUT2D eigenvalue weighted by Crippen LogP contribution is -2.43. The summed E-state index contributed by atoms with van der Waals surface area (Å²) in [5.41, 5.74) is 0.302. The molecule has 0 aromatic heterocycles. The van der Waals surface area contributed by atoms with E-state index < -0.39 is 5.82 Å². The molecule has 0 saturated heterocycles. The molecule has 0 unspecified atom stereocenters. The number of carbonyl (C=O) groups is 1. The highest BCUT2D eigenvalue weighted by molar-refractivity contribution is 5.94. The van der Waals surface area contributed by atoms with Gasteiger partial charge in [0.05, 0.1) is 5.56 Å². The van der Waals surface area contributed by atoms with Crippen molar-refractivity contribution in [3.8, 4) is 11.8 Å². The fourth-order valence-corrected chi connectivity index (χ4v) is 2.52. The minimum absolute atomic E-state index is 0.178. The highest BCUT2D eigenvalue weighted by atomic mass is 19.1. The molecule has 1 amide bonds. The highest BCUT2D eigenvalue weighted by Crippen LogP contribution is 2.29. The van der Waals surface area contributed by atoms with Crippen LogP contribution in [0.3, 0.4) is 0 Å². The monoisotopic (exact) mass is 275 g/mol. The Hall–Kier alpha value is -1.86. The number of hydrogen-bond acceptors (Lipinski definition) is 2. The summed E-state index contributed by atoms with van der Waals surface area (Å²) in [5.74, 6) is 4.09. The maximum atomic E-state index is 13.8. The summed E-state index contributed by atoms with van der Waals surface area (Å²) in [4.78, 5) is 12.1. The summed E-state index contributed by atoms with van der Waals surface area (Å²) in [6, 6.07) is 4.21. The van der Waals surface area contributed by atoms with Crippen molar-refractivity contribution in [2.45, 2.75) is 38.1 Å². The molecule has 106 valence electrons. The molecule has 3 nitrogen and oxygen atoms in total. The minimum atomic E-state index is -0.546. The van der Waals surface area contributed by atoms with Gasteiger partial charge in [-0.3, -0.25) is 4.79 Å². The average molecular weight is 275 g/mol. The van der Waals surface area contributed by atoms with Gasteiger partial charge >= 0.3 is 0 Å². The van der Waals surface area contributed by atoms with Gasteiger partial charge in [-0.05, 0) is 38.0 Å². The summed E-state index contributed by atoms with van der Waals surface area (Å²) in [5, 5.41) is 11.6. The Bertz CT molecular complexity index is 566. The van der Waals surface area contributed by atoms with Crippen LogP contribution >= 0.6 is 0 Å². The van der Waals surface area contributed by atoms with Crippen LogP contribution in [0, 0.1) is 17.7 Å². The number of carbonyl (C=O) groups excluding carboxylic acids is 1. The largest absolute Gasteiger partial charge is 0.384 e. The molecular formula is C16H18FNO2. The van der Waals surface area contributed by atoms with Gasteiger partial charge in [-0.1, -0.05) is 24.7 Å². The van der Waals surface area contributed by atoms with Crippen LogP contribution < -0.4 is 5.32 Å². The summed E-state index contributed by atoms with van der Waals surface area (Å²) in [7, 11) is 0. The fourth-order valence-electron chi connectivity index (χ4n) is 2.52. The van der Waals surface area contributed by atoms with Crippen molar-refractivity contribution in [2.75, 3.05) is 6.61 Å². The molecule has 0 radical (unpaired) electrons. The molecule has 1 aliphatic carbocycles. The third-order valence-electron chi connectivity index (χ3n) is 3.66. The molecule has 1 aromatic rings.